The fourth-order valence-electron chi connectivity index (χ4n) is 2.63. The van der Waals surface area contributed by atoms with Crippen LogP contribution in [0.5, 0.6) is 5.75 Å². The van der Waals surface area contributed by atoms with E-state index in [1.54, 1.807) is 63.2 Å². The van der Waals surface area contributed by atoms with Crippen LogP contribution in [0, 0.1) is 0 Å². The molecule has 0 amide bonds. The molecule has 5 nitrogen and oxygen atoms in total. The lowest BCUT2D eigenvalue weighted by Gasteiger charge is -2.16. The summed E-state index contributed by atoms with van der Waals surface area (Å²) >= 11 is 6.19. The molecule has 0 fully saturated rings. The van der Waals surface area contributed by atoms with Crippen LogP contribution in [0.1, 0.15) is 20.8 Å². The summed E-state index contributed by atoms with van der Waals surface area (Å²) in [6.45, 7) is 5.14. The van der Waals surface area contributed by atoms with Crippen molar-refractivity contribution in [2.24, 2.45) is 0 Å². The Morgan fingerprint density at radius 1 is 1.07 bits per heavy atom. The van der Waals surface area contributed by atoms with E-state index in [4.69, 9.17) is 25.5 Å². The van der Waals surface area contributed by atoms with E-state index in [1.165, 1.54) is 6.26 Å². The highest BCUT2D eigenvalue weighted by atomic mass is 35.5. The second kappa shape index (κ2) is 7.84. The summed E-state index contributed by atoms with van der Waals surface area (Å²) in [6.07, 6.45) is 0.381. The van der Waals surface area contributed by atoms with Crippen molar-refractivity contribution in [3.63, 3.8) is 0 Å². The lowest BCUT2D eigenvalue weighted by molar-refractivity contribution is -0.154. The topological polar surface area (TPSA) is 65.7 Å². The Morgan fingerprint density at radius 3 is 2.52 bits per heavy atom. The van der Waals surface area contributed by atoms with Gasteiger partial charge in [-0.15, -0.1) is 0 Å². The number of rotatable bonds is 5. The van der Waals surface area contributed by atoms with Crippen molar-refractivity contribution in [1.29, 1.82) is 0 Å². The number of hydrogen-bond donors (Lipinski definition) is 0. The molecule has 0 N–H and O–H groups in total. The molecule has 0 radical (unpaired) electrons. The first-order chi connectivity index (χ1) is 12.9. The van der Waals surface area contributed by atoms with Crippen LogP contribution >= 0.6 is 11.6 Å². The molecule has 140 valence electrons. The van der Waals surface area contributed by atoms with Crippen LogP contribution in [0.4, 0.5) is 0 Å². The summed E-state index contributed by atoms with van der Waals surface area (Å²) in [4.78, 5) is 24.7. The molecule has 0 saturated heterocycles. The van der Waals surface area contributed by atoms with Gasteiger partial charge in [0.25, 0.3) is 0 Å². The fraction of sp³-hybridized carbons (Fsp3) is 0.238. The SMILES string of the molecule is CC(C)OC(=O)[C@H](C)Oc1ccc2c(=O)c(-c3ccccc3Cl)coc2c1. The van der Waals surface area contributed by atoms with E-state index in [9.17, 15) is 9.59 Å². The van der Waals surface area contributed by atoms with Crippen LogP contribution in [0.15, 0.2) is 57.9 Å². The number of ether oxygens (including phenoxy) is 2. The van der Waals surface area contributed by atoms with Crippen LogP contribution in [0.2, 0.25) is 5.02 Å². The van der Waals surface area contributed by atoms with Gasteiger partial charge in [0, 0.05) is 16.7 Å². The number of hydrogen-bond acceptors (Lipinski definition) is 5. The minimum absolute atomic E-state index is 0.192. The minimum atomic E-state index is -0.779. The van der Waals surface area contributed by atoms with Gasteiger partial charge in [-0.05, 0) is 39.0 Å². The largest absolute Gasteiger partial charge is 0.479 e. The van der Waals surface area contributed by atoms with Gasteiger partial charge >= 0.3 is 5.97 Å². The number of fused-ring (bicyclic) bond motifs is 1. The highest BCUT2D eigenvalue weighted by molar-refractivity contribution is 6.33. The van der Waals surface area contributed by atoms with Crippen molar-refractivity contribution in [2.45, 2.75) is 33.0 Å². The van der Waals surface area contributed by atoms with E-state index in [0.717, 1.165) is 0 Å². The molecule has 1 aromatic heterocycles. The zero-order chi connectivity index (χ0) is 19.6. The highest BCUT2D eigenvalue weighted by Crippen LogP contribution is 2.28. The molecule has 3 aromatic rings. The first kappa shape index (κ1) is 19.0. The van der Waals surface area contributed by atoms with E-state index < -0.39 is 12.1 Å². The van der Waals surface area contributed by atoms with Gasteiger partial charge in [0.15, 0.2) is 6.10 Å². The van der Waals surface area contributed by atoms with Crippen LogP contribution in [0.3, 0.4) is 0 Å². The standard InChI is InChI=1S/C21H19ClO5/c1-12(2)26-21(24)13(3)27-14-8-9-16-19(10-14)25-11-17(20(16)23)15-6-4-5-7-18(15)22/h4-13H,1-3H3/t13-/m0/s1. The molecule has 1 atom stereocenters. The Bertz CT molecular complexity index is 1040. The maximum Gasteiger partial charge on any atom is 0.347 e. The molecule has 27 heavy (non-hydrogen) atoms. The molecule has 0 aliphatic carbocycles. The third-order valence-electron chi connectivity index (χ3n) is 3.91. The maximum absolute atomic E-state index is 12.8. The molecule has 1 heterocycles. The second-order valence-electron chi connectivity index (χ2n) is 6.36. The second-order valence-corrected chi connectivity index (χ2v) is 6.77. The van der Waals surface area contributed by atoms with Gasteiger partial charge in [-0.3, -0.25) is 4.79 Å². The van der Waals surface area contributed by atoms with Gasteiger partial charge in [-0.25, -0.2) is 4.79 Å². The van der Waals surface area contributed by atoms with E-state index in [2.05, 4.69) is 0 Å². The summed E-state index contributed by atoms with van der Waals surface area (Å²) in [6, 6.07) is 11.9. The average molecular weight is 387 g/mol. The molecule has 3 rings (SSSR count). The predicted molar refractivity (Wildman–Crippen MR) is 104 cm³/mol. The van der Waals surface area contributed by atoms with Gasteiger partial charge in [-0.1, -0.05) is 29.8 Å². The van der Waals surface area contributed by atoms with Crippen molar-refractivity contribution in [3.05, 3.63) is 64.0 Å². The normalized spacial score (nSPS) is 12.2. The molecule has 0 bridgehead atoms. The maximum atomic E-state index is 12.8. The van der Waals surface area contributed by atoms with Gasteiger partial charge in [-0.2, -0.15) is 0 Å². The monoisotopic (exact) mass is 386 g/mol. The van der Waals surface area contributed by atoms with E-state index in [0.29, 0.717) is 32.9 Å². The minimum Gasteiger partial charge on any atom is -0.479 e. The smallest absolute Gasteiger partial charge is 0.347 e. The number of carbonyl (C=O) groups is 1. The fourth-order valence-corrected chi connectivity index (χ4v) is 2.87. The van der Waals surface area contributed by atoms with Gasteiger partial charge in [0.05, 0.1) is 17.1 Å². The molecule has 0 aliphatic heterocycles. The molecule has 0 spiro atoms. The molecule has 2 aromatic carbocycles. The quantitative estimate of drug-likeness (QED) is 0.587. The Hall–Kier alpha value is -2.79. The van der Waals surface area contributed by atoms with E-state index in [-0.39, 0.29) is 11.5 Å². The molecule has 0 unspecified atom stereocenters. The Balaban J connectivity index is 1.92. The Kier molecular flexibility index (Phi) is 5.51. The number of benzene rings is 2. The van der Waals surface area contributed by atoms with Crippen molar-refractivity contribution >= 4 is 28.5 Å². The lowest BCUT2D eigenvalue weighted by Crippen LogP contribution is -2.28. The summed E-state index contributed by atoms with van der Waals surface area (Å²) in [5.74, 6) is -0.0510. The van der Waals surface area contributed by atoms with Crippen LogP contribution in [0.25, 0.3) is 22.1 Å². The number of halogens is 1. The zero-order valence-electron chi connectivity index (χ0n) is 15.2. The van der Waals surface area contributed by atoms with Gasteiger partial charge in [0.1, 0.15) is 17.6 Å². The van der Waals surface area contributed by atoms with Gasteiger partial charge < -0.3 is 13.9 Å². The molecular formula is C21H19ClO5. The lowest BCUT2D eigenvalue weighted by atomic mass is 10.1. The Morgan fingerprint density at radius 2 is 1.81 bits per heavy atom. The summed E-state index contributed by atoms with van der Waals surface area (Å²) in [7, 11) is 0. The molecule has 6 heteroatoms. The van der Waals surface area contributed by atoms with Crippen molar-refractivity contribution in [2.75, 3.05) is 0 Å². The van der Waals surface area contributed by atoms with Crippen molar-refractivity contribution in [1.82, 2.24) is 0 Å². The van der Waals surface area contributed by atoms with Crippen LogP contribution in [-0.4, -0.2) is 18.2 Å². The van der Waals surface area contributed by atoms with E-state index >= 15 is 0 Å². The van der Waals surface area contributed by atoms with Crippen LogP contribution in [-0.2, 0) is 9.53 Å². The number of carbonyl (C=O) groups excluding carboxylic acids is 1. The third kappa shape index (κ3) is 4.14. The molecule has 0 aliphatic rings. The number of esters is 1. The zero-order valence-corrected chi connectivity index (χ0v) is 15.9. The van der Waals surface area contributed by atoms with Gasteiger partial charge in [0.2, 0.25) is 5.43 Å². The Labute approximate surface area is 161 Å². The first-order valence-corrected chi connectivity index (χ1v) is 8.92. The van der Waals surface area contributed by atoms with Crippen LogP contribution < -0.4 is 10.2 Å². The molecular weight excluding hydrogens is 368 g/mol. The van der Waals surface area contributed by atoms with Crippen molar-refractivity contribution in [3.8, 4) is 16.9 Å². The third-order valence-corrected chi connectivity index (χ3v) is 4.24. The van der Waals surface area contributed by atoms with Crippen molar-refractivity contribution < 1.29 is 18.7 Å². The highest BCUT2D eigenvalue weighted by Gasteiger charge is 2.18. The molecule has 0 saturated carbocycles. The summed E-state index contributed by atoms with van der Waals surface area (Å²) < 4.78 is 16.3. The average Bonchev–Trinajstić information content (AvgIpc) is 2.62. The predicted octanol–water partition coefficient (Wildman–Crippen LogP) is 4.83. The summed E-state index contributed by atoms with van der Waals surface area (Å²) in [5.41, 5.74) is 1.16. The first-order valence-electron chi connectivity index (χ1n) is 8.54. The summed E-state index contributed by atoms with van der Waals surface area (Å²) in [5, 5.41) is 0.874. The van der Waals surface area contributed by atoms with E-state index in [1.807, 2.05) is 0 Å².